The molecule has 1 aromatic carbocycles. The molecule has 0 atom stereocenters. The number of aromatic nitrogens is 2. The molecule has 3 heteroatoms. The van der Waals surface area contributed by atoms with Gasteiger partial charge in [-0.15, -0.1) is 0 Å². The second-order valence-corrected chi connectivity index (χ2v) is 5.38. The molecule has 1 heterocycles. The quantitative estimate of drug-likeness (QED) is 0.596. The highest BCUT2D eigenvalue weighted by molar-refractivity contribution is 6.30. The van der Waals surface area contributed by atoms with E-state index in [-0.39, 0.29) is 0 Å². The topological polar surface area (TPSA) is 28.7 Å². The number of imidazole rings is 1. The third-order valence-corrected chi connectivity index (χ3v) is 3.67. The van der Waals surface area contributed by atoms with Crippen molar-refractivity contribution in [2.45, 2.75) is 0 Å². The number of nitrogens with zero attached hydrogens (tertiary/aromatic N) is 1. The van der Waals surface area contributed by atoms with Crippen molar-refractivity contribution in [3.63, 3.8) is 0 Å². The van der Waals surface area contributed by atoms with Crippen molar-refractivity contribution in [2.24, 2.45) is 0 Å². The molecule has 0 fully saturated rings. The van der Waals surface area contributed by atoms with Crippen LogP contribution in [-0.4, -0.2) is 9.97 Å². The molecule has 0 bridgehead atoms. The fraction of sp³-hybridized carbons (Fsp3) is 0. The maximum Gasteiger partial charge on any atom is 0.138 e. The van der Waals surface area contributed by atoms with Gasteiger partial charge in [0.15, 0.2) is 0 Å². The van der Waals surface area contributed by atoms with E-state index in [9.17, 15) is 0 Å². The van der Waals surface area contributed by atoms with E-state index in [1.807, 2.05) is 36.4 Å². The van der Waals surface area contributed by atoms with Crippen LogP contribution in [0.3, 0.4) is 0 Å². The average molecular weight is 335 g/mol. The van der Waals surface area contributed by atoms with Crippen LogP contribution < -0.4 is 0 Å². The van der Waals surface area contributed by atoms with E-state index in [0.717, 1.165) is 33.9 Å². The van der Waals surface area contributed by atoms with Crippen molar-refractivity contribution in [1.29, 1.82) is 0 Å². The fourth-order valence-electron chi connectivity index (χ4n) is 2.29. The predicted octanol–water partition coefficient (Wildman–Crippen LogP) is 6.24. The maximum absolute atomic E-state index is 5.97. The highest BCUT2D eigenvalue weighted by Crippen LogP contribution is 2.29. The van der Waals surface area contributed by atoms with Gasteiger partial charge < -0.3 is 4.98 Å². The summed E-state index contributed by atoms with van der Waals surface area (Å²) in [5.41, 5.74) is 4.33. The van der Waals surface area contributed by atoms with E-state index < -0.39 is 0 Å². The normalized spacial score (nSPS) is 11.9. The van der Waals surface area contributed by atoms with Crippen molar-refractivity contribution in [3.05, 3.63) is 103 Å². The first-order valence-electron chi connectivity index (χ1n) is 7.41. The molecule has 0 aliphatic rings. The van der Waals surface area contributed by atoms with Crippen molar-refractivity contribution < 1.29 is 0 Å². The monoisotopic (exact) mass is 334 g/mol. The second-order valence-electron chi connectivity index (χ2n) is 4.94. The Hall–Kier alpha value is -2.84. The highest BCUT2D eigenvalue weighted by atomic mass is 35.5. The SMILES string of the molecule is C=C/C=C(\C=C)c1nc(-c2ccc(Cl)cc2)[nH]c1/C(C=C)=C/C=C. The Morgan fingerprint density at radius 3 is 2.04 bits per heavy atom. The molecule has 0 radical (unpaired) electrons. The van der Waals surface area contributed by atoms with Crippen LogP contribution in [0.15, 0.2) is 87.0 Å². The molecule has 0 saturated heterocycles. The molecule has 2 aromatic rings. The fourth-order valence-corrected chi connectivity index (χ4v) is 2.41. The second kappa shape index (κ2) is 8.14. The van der Waals surface area contributed by atoms with Gasteiger partial charge in [-0.25, -0.2) is 4.98 Å². The molecule has 1 aromatic heterocycles. The Labute approximate surface area is 147 Å². The zero-order valence-corrected chi connectivity index (χ0v) is 14.2. The molecule has 120 valence electrons. The van der Waals surface area contributed by atoms with E-state index in [4.69, 9.17) is 16.6 Å². The van der Waals surface area contributed by atoms with Gasteiger partial charge in [0.1, 0.15) is 5.82 Å². The first-order chi connectivity index (χ1) is 11.6. The van der Waals surface area contributed by atoms with E-state index in [1.165, 1.54) is 0 Å². The van der Waals surface area contributed by atoms with E-state index in [1.54, 1.807) is 24.3 Å². The molecule has 24 heavy (non-hydrogen) atoms. The van der Waals surface area contributed by atoms with E-state index >= 15 is 0 Å². The van der Waals surface area contributed by atoms with Gasteiger partial charge in [-0.1, -0.05) is 74.4 Å². The number of rotatable bonds is 7. The number of benzene rings is 1. The van der Waals surface area contributed by atoms with Crippen molar-refractivity contribution in [2.75, 3.05) is 0 Å². The molecule has 0 unspecified atom stereocenters. The summed E-state index contributed by atoms with van der Waals surface area (Å²) in [5, 5.41) is 0.683. The number of allylic oxidation sites excluding steroid dienone is 8. The minimum atomic E-state index is 0.683. The van der Waals surface area contributed by atoms with Gasteiger partial charge in [0.2, 0.25) is 0 Å². The van der Waals surface area contributed by atoms with Crippen molar-refractivity contribution in [3.8, 4) is 11.4 Å². The molecular weight excluding hydrogens is 316 g/mol. The summed E-state index contributed by atoms with van der Waals surface area (Å²) in [4.78, 5) is 8.10. The Morgan fingerprint density at radius 2 is 1.50 bits per heavy atom. The van der Waals surface area contributed by atoms with Gasteiger partial charge in [-0.3, -0.25) is 0 Å². The maximum atomic E-state index is 5.97. The third-order valence-electron chi connectivity index (χ3n) is 3.42. The Bertz CT molecular complexity index is 786. The number of nitrogens with one attached hydrogen (secondary N) is 1. The summed E-state index contributed by atoms with van der Waals surface area (Å²) in [7, 11) is 0. The van der Waals surface area contributed by atoms with Crippen LogP contribution in [0.2, 0.25) is 5.02 Å². The van der Waals surface area contributed by atoms with Crippen LogP contribution in [-0.2, 0) is 0 Å². The lowest BCUT2D eigenvalue weighted by Gasteiger charge is -2.03. The molecule has 0 spiro atoms. The Morgan fingerprint density at radius 1 is 0.917 bits per heavy atom. The highest BCUT2D eigenvalue weighted by Gasteiger charge is 2.15. The zero-order valence-electron chi connectivity index (χ0n) is 13.4. The van der Waals surface area contributed by atoms with Crippen LogP contribution in [0, 0.1) is 0 Å². The van der Waals surface area contributed by atoms with Gasteiger partial charge in [-0.2, -0.15) is 0 Å². The van der Waals surface area contributed by atoms with Crippen LogP contribution in [0.25, 0.3) is 22.5 Å². The Balaban J connectivity index is 2.69. The van der Waals surface area contributed by atoms with Crippen molar-refractivity contribution >= 4 is 22.7 Å². The Kier molecular flexibility index (Phi) is 5.94. The molecule has 0 aliphatic carbocycles. The average Bonchev–Trinajstić information content (AvgIpc) is 3.03. The number of hydrogen-bond donors (Lipinski definition) is 1. The van der Waals surface area contributed by atoms with Gasteiger partial charge in [0.05, 0.1) is 11.4 Å². The van der Waals surface area contributed by atoms with Crippen LogP contribution in [0.5, 0.6) is 0 Å². The predicted molar refractivity (Wildman–Crippen MR) is 106 cm³/mol. The van der Waals surface area contributed by atoms with Gasteiger partial charge >= 0.3 is 0 Å². The van der Waals surface area contributed by atoms with Gasteiger partial charge in [0, 0.05) is 16.2 Å². The minimum absolute atomic E-state index is 0.683. The van der Waals surface area contributed by atoms with Crippen LogP contribution in [0.1, 0.15) is 11.4 Å². The zero-order chi connectivity index (χ0) is 17.5. The van der Waals surface area contributed by atoms with Crippen LogP contribution in [0.4, 0.5) is 0 Å². The third kappa shape index (κ3) is 3.73. The van der Waals surface area contributed by atoms with Gasteiger partial charge in [-0.05, 0) is 29.8 Å². The molecular formula is C21H19ClN2. The number of aromatic amines is 1. The van der Waals surface area contributed by atoms with E-state index in [2.05, 4.69) is 31.3 Å². The number of halogens is 1. The largest absolute Gasteiger partial charge is 0.337 e. The standard InChI is InChI=1S/C21H19ClN2/c1-5-9-15(7-3)19-20(16(8-4)10-6-2)24-21(23-19)17-11-13-18(22)14-12-17/h5-14H,1-4H2,(H,23,24)/b15-9+,16-10+. The molecule has 2 rings (SSSR count). The summed E-state index contributed by atoms with van der Waals surface area (Å²) in [6.07, 6.45) is 10.7. The molecule has 2 nitrogen and oxygen atoms in total. The summed E-state index contributed by atoms with van der Waals surface area (Å²) in [6, 6.07) is 7.51. The summed E-state index contributed by atoms with van der Waals surface area (Å²) in [6.45, 7) is 15.3. The summed E-state index contributed by atoms with van der Waals surface area (Å²) < 4.78 is 0. The number of hydrogen-bond acceptors (Lipinski definition) is 1. The molecule has 0 saturated carbocycles. The van der Waals surface area contributed by atoms with Crippen LogP contribution >= 0.6 is 11.6 Å². The summed E-state index contributed by atoms with van der Waals surface area (Å²) >= 11 is 5.97. The lowest BCUT2D eigenvalue weighted by atomic mass is 10.0. The van der Waals surface area contributed by atoms with Gasteiger partial charge in [0.25, 0.3) is 0 Å². The smallest absolute Gasteiger partial charge is 0.138 e. The molecule has 0 amide bonds. The first-order valence-corrected chi connectivity index (χ1v) is 7.79. The van der Waals surface area contributed by atoms with Crippen molar-refractivity contribution in [1.82, 2.24) is 9.97 Å². The minimum Gasteiger partial charge on any atom is -0.337 e. The first kappa shape index (κ1) is 17.5. The lowest BCUT2D eigenvalue weighted by Crippen LogP contribution is -1.89. The summed E-state index contributed by atoms with van der Waals surface area (Å²) in [5.74, 6) is 0.741. The lowest BCUT2D eigenvalue weighted by molar-refractivity contribution is 1.29. The number of H-pyrrole nitrogens is 1. The molecule has 0 aliphatic heterocycles. The van der Waals surface area contributed by atoms with E-state index in [0.29, 0.717) is 5.02 Å². The molecule has 1 N–H and O–H groups in total.